The molecule has 0 radical (unpaired) electrons. The molecule has 2 aromatic heterocycles. The van der Waals surface area contributed by atoms with Crippen molar-refractivity contribution in [1.29, 1.82) is 0 Å². The molecule has 0 saturated carbocycles. The first-order chi connectivity index (χ1) is 11.0. The van der Waals surface area contributed by atoms with E-state index in [9.17, 15) is 9.18 Å². The van der Waals surface area contributed by atoms with Crippen LogP contribution in [0.4, 0.5) is 9.18 Å². The third kappa shape index (κ3) is 4.28. The van der Waals surface area contributed by atoms with E-state index in [0.29, 0.717) is 18.8 Å². The molecule has 2 aromatic rings. The fourth-order valence-corrected chi connectivity index (χ4v) is 2.27. The Bertz CT molecular complexity index is 672. The van der Waals surface area contributed by atoms with Crippen molar-refractivity contribution in [2.24, 2.45) is 0 Å². The van der Waals surface area contributed by atoms with Crippen LogP contribution in [0.1, 0.15) is 42.5 Å². The number of hydrogen-bond acceptors (Lipinski definition) is 4. The van der Waals surface area contributed by atoms with Gasteiger partial charge in [-0.2, -0.15) is 0 Å². The Kier molecular flexibility index (Phi) is 5.67. The molecule has 1 unspecified atom stereocenters. The molecule has 2 heterocycles. The quantitative estimate of drug-likeness (QED) is 0.857. The molecule has 0 fully saturated rings. The van der Waals surface area contributed by atoms with Crippen LogP contribution in [0.5, 0.6) is 0 Å². The molecule has 0 aromatic carbocycles. The van der Waals surface area contributed by atoms with Crippen LogP contribution in [-0.4, -0.2) is 22.7 Å². The summed E-state index contributed by atoms with van der Waals surface area (Å²) >= 11 is 0. The maximum atomic E-state index is 13.6. The standard InChI is InChI=1S/C16H21FN4O2/c1-4-14-12(11(3)21-23-14)9-20-16(22)19-8-10(2)15-13(17)6-5-7-18-15/h5-7,10H,4,8-9H2,1-3H3,(H2,19,20,22). The van der Waals surface area contributed by atoms with E-state index < -0.39 is 0 Å². The van der Waals surface area contributed by atoms with Crippen LogP contribution in [0, 0.1) is 12.7 Å². The number of aromatic nitrogens is 2. The van der Waals surface area contributed by atoms with Crippen molar-refractivity contribution in [1.82, 2.24) is 20.8 Å². The zero-order valence-corrected chi connectivity index (χ0v) is 13.5. The Balaban J connectivity index is 1.83. The molecule has 124 valence electrons. The third-order valence-electron chi connectivity index (χ3n) is 3.64. The van der Waals surface area contributed by atoms with Crippen molar-refractivity contribution in [3.05, 3.63) is 46.9 Å². The van der Waals surface area contributed by atoms with Gasteiger partial charge in [0.1, 0.15) is 11.6 Å². The van der Waals surface area contributed by atoms with E-state index in [-0.39, 0.29) is 17.8 Å². The Labute approximate surface area is 134 Å². The van der Waals surface area contributed by atoms with Gasteiger partial charge in [-0.25, -0.2) is 9.18 Å². The lowest BCUT2D eigenvalue weighted by Crippen LogP contribution is -2.37. The average molecular weight is 320 g/mol. The van der Waals surface area contributed by atoms with E-state index in [0.717, 1.165) is 23.4 Å². The van der Waals surface area contributed by atoms with E-state index in [1.54, 1.807) is 0 Å². The zero-order chi connectivity index (χ0) is 16.8. The summed E-state index contributed by atoms with van der Waals surface area (Å²) in [4.78, 5) is 15.9. The number of amides is 2. The van der Waals surface area contributed by atoms with Gasteiger partial charge < -0.3 is 15.2 Å². The van der Waals surface area contributed by atoms with E-state index in [1.807, 2.05) is 20.8 Å². The van der Waals surface area contributed by atoms with Crippen LogP contribution in [0.2, 0.25) is 0 Å². The Morgan fingerprint density at radius 1 is 1.43 bits per heavy atom. The number of rotatable bonds is 6. The topological polar surface area (TPSA) is 80.0 Å². The summed E-state index contributed by atoms with van der Waals surface area (Å²) in [5.74, 6) is 0.187. The van der Waals surface area contributed by atoms with E-state index in [1.165, 1.54) is 18.3 Å². The van der Waals surface area contributed by atoms with Gasteiger partial charge in [-0.3, -0.25) is 4.98 Å². The van der Waals surface area contributed by atoms with Crippen molar-refractivity contribution in [2.75, 3.05) is 6.54 Å². The number of urea groups is 1. The maximum absolute atomic E-state index is 13.6. The number of nitrogens with one attached hydrogen (secondary N) is 2. The second-order valence-electron chi connectivity index (χ2n) is 5.36. The Morgan fingerprint density at radius 2 is 2.22 bits per heavy atom. The van der Waals surface area contributed by atoms with Crippen LogP contribution >= 0.6 is 0 Å². The summed E-state index contributed by atoms with van der Waals surface area (Å²) < 4.78 is 18.8. The maximum Gasteiger partial charge on any atom is 0.315 e. The Morgan fingerprint density at radius 3 is 2.91 bits per heavy atom. The SMILES string of the molecule is CCc1onc(C)c1CNC(=O)NCC(C)c1ncccc1F. The van der Waals surface area contributed by atoms with Crippen molar-refractivity contribution < 1.29 is 13.7 Å². The van der Waals surface area contributed by atoms with Crippen molar-refractivity contribution >= 4 is 6.03 Å². The van der Waals surface area contributed by atoms with Gasteiger partial charge in [0.05, 0.1) is 11.4 Å². The predicted octanol–water partition coefficient (Wildman–Crippen LogP) is 2.68. The van der Waals surface area contributed by atoms with Crippen molar-refractivity contribution in [2.45, 2.75) is 39.7 Å². The third-order valence-corrected chi connectivity index (χ3v) is 3.64. The molecule has 0 spiro atoms. The van der Waals surface area contributed by atoms with Gasteiger partial charge in [-0.05, 0) is 19.1 Å². The Hall–Kier alpha value is -2.44. The molecule has 0 aliphatic heterocycles. The fourth-order valence-electron chi connectivity index (χ4n) is 2.27. The first-order valence-corrected chi connectivity index (χ1v) is 7.59. The van der Waals surface area contributed by atoms with E-state index >= 15 is 0 Å². The second kappa shape index (κ2) is 7.71. The van der Waals surface area contributed by atoms with Crippen LogP contribution in [0.3, 0.4) is 0 Å². The number of hydrogen-bond donors (Lipinski definition) is 2. The van der Waals surface area contributed by atoms with E-state index in [2.05, 4.69) is 20.8 Å². The van der Waals surface area contributed by atoms with Crippen molar-refractivity contribution in [3.8, 4) is 0 Å². The lowest BCUT2D eigenvalue weighted by atomic mass is 10.1. The first-order valence-electron chi connectivity index (χ1n) is 7.59. The number of halogens is 1. The van der Waals surface area contributed by atoms with Gasteiger partial charge in [0.2, 0.25) is 0 Å². The molecule has 2 N–H and O–H groups in total. The summed E-state index contributed by atoms with van der Waals surface area (Å²) in [6.45, 7) is 6.25. The minimum atomic E-state index is -0.366. The molecule has 0 bridgehead atoms. The molecular weight excluding hydrogens is 299 g/mol. The minimum absolute atomic E-state index is 0.217. The highest BCUT2D eigenvalue weighted by atomic mass is 19.1. The molecular formula is C16H21FN4O2. The lowest BCUT2D eigenvalue weighted by Gasteiger charge is -2.13. The molecule has 2 rings (SSSR count). The number of pyridine rings is 1. The molecule has 23 heavy (non-hydrogen) atoms. The number of nitrogens with zero attached hydrogens (tertiary/aromatic N) is 2. The van der Waals surface area contributed by atoms with E-state index in [4.69, 9.17) is 4.52 Å². The van der Waals surface area contributed by atoms with Crippen LogP contribution in [-0.2, 0) is 13.0 Å². The van der Waals surface area contributed by atoms with Gasteiger partial charge in [0, 0.05) is 37.2 Å². The predicted molar refractivity (Wildman–Crippen MR) is 83.5 cm³/mol. The molecule has 0 aliphatic rings. The minimum Gasteiger partial charge on any atom is -0.361 e. The number of carbonyl (C=O) groups excluding carboxylic acids is 1. The largest absolute Gasteiger partial charge is 0.361 e. The number of aryl methyl sites for hydroxylation is 2. The smallest absolute Gasteiger partial charge is 0.315 e. The molecule has 2 amide bonds. The monoisotopic (exact) mass is 320 g/mol. The summed E-state index contributed by atoms with van der Waals surface area (Å²) in [5, 5.41) is 9.37. The molecule has 0 aliphatic carbocycles. The van der Waals surface area contributed by atoms with Gasteiger partial charge in [-0.1, -0.05) is 19.0 Å². The van der Waals surface area contributed by atoms with Gasteiger partial charge in [0.25, 0.3) is 0 Å². The highest BCUT2D eigenvalue weighted by molar-refractivity contribution is 5.73. The number of carbonyl (C=O) groups is 1. The summed E-state index contributed by atoms with van der Waals surface area (Å²) in [7, 11) is 0. The highest BCUT2D eigenvalue weighted by Gasteiger charge is 2.15. The van der Waals surface area contributed by atoms with Gasteiger partial charge in [-0.15, -0.1) is 0 Å². The van der Waals surface area contributed by atoms with Crippen LogP contribution in [0.25, 0.3) is 0 Å². The van der Waals surface area contributed by atoms with Gasteiger partial charge >= 0.3 is 6.03 Å². The summed E-state index contributed by atoms with van der Waals surface area (Å²) in [5.41, 5.74) is 2.01. The lowest BCUT2D eigenvalue weighted by molar-refractivity contribution is 0.240. The highest BCUT2D eigenvalue weighted by Crippen LogP contribution is 2.15. The first kappa shape index (κ1) is 16.9. The summed E-state index contributed by atoms with van der Waals surface area (Å²) in [6, 6.07) is 2.58. The van der Waals surface area contributed by atoms with Crippen molar-refractivity contribution in [3.63, 3.8) is 0 Å². The van der Waals surface area contributed by atoms with Gasteiger partial charge in [0.15, 0.2) is 0 Å². The second-order valence-corrected chi connectivity index (χ2v) is 5.36. The molecule has 1 atom stereocenters. The molecule has 6 nitrogen and oxygen atoms in total. The molecule has 7 heteroatoms. The fraction of sp³-hybridized carbons (Fsp3) is 0.438. The van der Waals surface area contributed by atoms with Crippen LogP contribution < -0.4 is 10.6 Å². The normalized spacial score (nSPS) is 12.0. The summed E-state index contributed by atoms with van der Waals surface area (Å²) in [6.07, 6.45) is 2.26. The molecule has 0 saturated heterocycles. The zero-order valence-electron chi connectivity index (χ0n) is 13.5. The van der Waals surface area contributed by atoms with Crippen LogP contribution in [0.15, 0.2) is 22.9 Å². The average Bonchev–Trinajstić information content (AvgIpc) is 2.91.